The van der Waals surface area contributed by atoms with Gasteiger partial charge in [0.1, 0.15) is 5.75 Å². The highest BCUT2D eigenvalue weighted by Gasteiger charge is 2.25. The number of hydrogen-bond acceptors (Lipinski definition) is 3. The highest BCUT2D eigenvalue weighted by molar-refractivity contribution is 9.10. The van der Waals surface area contributed by atoms with E-state index in [0.717, 1.165) is 48.2 Å². The normalized spacial score (nSPS) is 16.3. The lowest BCUT2D eigenvalue weighted by Crippen LogP contribution is -2.45. The molecule has 3 nitrogen and oxygen atoms in total. The van der Waals surface area contributed by atoms with Gasteiger partial charge >= 0.3 is 0 Å². The van der Waals surface area contributed by atoms with Crippen LogP contribution in [0, 0.1) is 0 Å². The SMILES string of the molecule is C=C(C)C[C@@H](c1cc(Br)cc(Cl)c1O)N1CCNCC1.Cl.Cl. The Morgan fingerprint density at radius 1 is 1.41 bits per heavy atom. The average Bonchev–Trinajstić information content (AvgIpc) is 2.41. The summed E-state index contributed by atoms with van der Waals surface area (Å²) in [7, 11) is 0. The van der Waals surface area contributed by atoms with Gasteiger partial charge in [0.2, 0.25) is 0 Å². The molecule has 0 unspecified atom stereocenters. The van der Waals surface area contributed by atoms with E-state index in [-0.39, 0.29) is 36.6 Å². The Balaban J connectivity index is 0.00000220. The van der Waals surface area contributed by atoms with Crippen LogP contribution in [0.25, 0.3) is 0 Å². The molecule has 1 aromatic rings. The summed E-state index contributed by atoms with van der Waals surface area (Å²) in [6, 6.07) is 3.79. The van der Waals surface area contributed by atoms with Gasteiger partial charge in [0.25, 0.3) is 0 Å². The van der Waals surface area contributed by atoms with Crippen molar-refractivity contribution in [2.75, 3.05) is 26.2 Å². The number of rotatable bonds is 4. The summed E-state index contributed by atoms with van der Waals surface area (Å²) < 4.78 is 0.886. The van der Waals surface area contributed by atoms with Gasteiger partial charge in [0.15, 0.2) is 0 Å². The Morgan fingerprint density at radius 3 is 2.55 bits per heavy atom. The number of nitrogens with one attached hydrogen (secondary N) is 1. The summed E-state index contributed by atoms with van der Waals surface area (Å²) in [6.07, 6.45) is 0.820. The van der Waals surface area contributed by atoms with Crippen LogP contribution in [0.2, 0.25) is 5.02 Å². The van der Waals surface area contributed by atoms with Crippen molar-refractivity contribution in [3.8, 4) is 5.75 Å². The van der Waals surface area contributed by atoms with Crippen LogP contribution in [0.5, 0.6) is 5.75 Å². The van der Waals surface area contributed by atoms with Crippen LogP contribution in [-0.4, -0.2) is 36.2 Å². The third-order valence-corrected chi connectivity index (χ3v) is 4.30. The molecule has 0 saturated carbocycles. The van der Waals surface area contributed by atoms with Crippen molar-refractivity contribution in [1.29, 1.82) is 0 Å². The second kappa shape index (κ2) is 10.0. The molecule has 0 spiro atoms. The van der Waals surface area contributed by atoms with Gasteiger partial charge in [0, 0.05) is 42.3 Å². The minimum Gasteiger partial charge on any atom is -0.506 e. The molecule has 22 heavy (non-hydrogen) atoms. The molecule has 2 N–H and O–H groups in total. The third-order valence-electron chi connectivity index (χ3n) is 3.55. The Kier molecular flexibility index (Phi) is 10.0. The quantitative estimate of drug-likeness (QED) is 0.685. The first-order valence-electron chi connectivity index (χ1n) is 6.76. The smallest absolute Gasteiger partial charge is 0.139 e. The van der Waals surface area contributed by atoms with Gasteiger partial charge < -0.3 is 10.4 Å². The van der Waals surface area contributed by atoms with Gasteiger partial charge in [0.05, 0.1) is 5.02 Å². The summed E-state index contributed by atoms with van der Waals surface area (Å²) in [6.45, 7) is 9.90. The topological polar surface area (TPSA) is 35.5 Å². The van der Waals surface area contributed by atoms with E-state index in [1.807, 2.05) is 13.0 Å². The van der Waals surface area contributed by atoms with E-state index in [4.69, 9.17) is 11.6 Å². The van der Waals surface area contributed by atoms with E-state index in [1.165, 1.54) is 0 Å². The Morgan fingerprint density at radius 2 is 2.00 bits per heavy atom. The summed E-state index contributed by atoms with van der Waals surface area (Å²) in [5.74, 6) is 0.180. The highest BCUT2D eigenvalue weighted by atomic mass is 79.9. The summed E-state index contributed by atoms with van der Waals surface area (Å²) in [5.41, 5.74) is 1.97. The van der Waals surface area contributed by atoms with Crippen LogP contribution in [0.15, 0.2) is 28.8 Å². The molecule has 0 amide bonds. The lowest BCUT2D eigenvalue weighted by Gasteiger charge is -2.36. The van der Waals surface area contributed by atoms with Gasteiger partial charge in [-0.1, -0.05) is 33.1 Å². The second-order valence-corrected chi connectivity index (χ2v) is 6.61. The third kappa shape index (κ3) is 5.59. The van der Waals surface area contributed by atoms with Crippen LogP contribution in [-0.2, 0) is 0 Å². The first kappa shape index (κ1) is 22.0. The molecule has 1 aromatic carbocycles. The molecule has 1 aliphatic heterocycles. The van der Waals surface area contributed by atoms with Gasteiger partial charge in [-0.05, 0) is 25.5 Å². The van der Waals surface area contributed by atoms with Crippen molar-refractivity contribution in [3.63, 3.8) is 0 Å². The number of hydrogen-bond donors (Lipinski definition) is 2. The van der Waals surface area contributed by atoms with E-state index < -0.39 is 0 Å². The second-order valence-electron chi connectivity index (χ2n) is 5.29. The average molecular weight is 433 g/mol. The largest absolute Gasteiger partial charge is 0.506 e. The molecule has 7 heteroatoms. The van der Waals surface area contributed by atoms with Gasteiger partial charge in [-0.3, -0.25) is 4.90 Å². The number of aromatic hydroxyl groups is 1. The maximum atomic E-state index is 10.3. The molecule has 0 aromatic heterocycles. The van der Waals surface area contributed by atoms with Gasteiger partial charge in [-0.25, -0.2) is 0 Å². The van der Waals surface area contributed by atoms with Crippen LogP contribution in [0.1, 0.15) is 24.9 Å². The number of phenols is 1. The zero-order chi connectivity index (χ0) is 14.7. The first-order valence-corrected chi connectivity index (χ1v) is 7.93. The van der Waals surface area contributed by atoms with Crippen LogP contribution in [0.3, 0.4) is 0 Å². The molecular formula is C15H22BrCl3N2O. The minimum absolute atomic E-state index is 0. The molecular weight excluding hydrogens is 410 g/mol. The van der Waals surface area contributed by atoms with Crippen LogP contribution >= 0.6 is 52.3 Å². The van der Waals surface area contributed by atoms with Gasteiger partial charge in [-0.2, -0.15) is 0 Å². The number of piperazine rings is 1. The fraction of sp³-hybridized carbons (Fsp3) is 0.467. The molecule has 2 rings (SSSR count). The molecule has 1 atom stereocenters. The zero-order valence-corrected chi connectivity index (χ0v) is 16.4. The lowest BCUT2D eigenvalue weighted by atomic mass is 9.97. The van der Waals surface area contributed by atoms with Crippen molar-refractivity contribution in [3.05, 3.63) is 39.3 Å². The van der Waals surface area contributed by atoms with E-state index in [0.29, 0.717) is 5.02 Å². The summed E-state index contributed by atoms with van der Waals surface area (Å²) in [4.78, 5) is 2.38. The standard InChI is InChI=1S/C15H20BrClN2O.2ClH/c1-10(2)7-14(19-5-3-18-4-6-19)12-8-11(16)9-13(17)15(12)20;;/h8-9,14,18,20H,1,3-7H2,2H3;2*1H/t14-;;/m0../s1. The van der Waals surface area contributed by atoms with Crippen molar-refractivity contribution < 1.29 is 5.11 Å². The molecule has 0 radical (unpaired) electrons. The Hall–Kier alpha value is 0.0300. The molecule has 1 aliphatic rings. The molecule has 0 bridgehead atoms. The predicted molar refractivity (Wildman–Crippen MR) is 102 cm³/mol. The first-order chi connectivity index (χ1) is 9.49. The number of halogens is 4. The van der Waals surface area contributed by atoms with E-state index in [1.54, 1.807) is 6.07 Å². The lowest BCUT2D eigenvalue weighted by molar-refractivity contribution is 0.170. The highest BCUT2D eigenvalue weighted by Crippen LogP contribution is 2.39. The van der Waals surface area contributed by atoms with E-state index >= 15 is 0 Å². The van der Waals surface area contributed by atoms with Crippen molar-refractivity contribution >= 4 is 52.3 Å². The fourth-order valence-electron chi connectivity index (χ4n) is 2.60. The monoisotopic (exact) mass is 430 g/mol. The maximum absolute atomic E-state index is 10.3. The molecule has 1 fully saturated rings. The fourth-order valence-corrected chi connectivity index (χ4v) is 3.43. The van der Waals surface area contributed by atoms with Crippen molar-refractivity contribution in [2.45, 2.75) is 19.4 Å². The molecule has 0 aliphatic carbocycles. The Labute approximate surface area is 158 Å². The maximum Gasteiger partial charge on any atom is 0.139 e. The van der Waals surface area contributed by atoms with Crippen molar-refractivity contribution in [2.24, 2.45) is 0 Å². The summed E-state index contributed by atoms with van der Waals surface area (Å²) in [5, 5.41) is 14.0. The summed E-state index contributed by atoms with van der Waals surface area (Å²) >= 11 is 9.56. The van der Waals surface area contributed by atoms with E-state index in [9.17, 15) is 5.11 Å². The number of phenolic OH excluding ortho intramolecular Hbond substituents is 1. The zero-order valence-electron chi connectivity index (χ0n) is 12.4. The van der Waals surface area contributed by atoms with Crippen molar-refractivity contribution in [1.82, 2.24) is 10.2 Å². The van der Waals surface area contributed by atoms with Crippen LogP contribution in [0.4, 0.5) is 0 Å². The molecule has 126 valence electrons. The van der Waals surface area contributed by atoms with Crippen LogP contribution < -0.4 is 5.32 Å². The molecule has 1 heterocycles. The van der Waals surface area contributed by atoms with Gasteiger partial charge in [-0.15, -0.1) is 31.4 Å². The van der Waals surface area contributed by atoms with E-state index in [2.05, 4.69) is 32.7 Å². The predicted octanol–water partition coefficient (Wildman–Crippen LogP) is 4.56. The Bertz CT molecular complexity index is 508. The molecule has 1 saturated heterocycles. The minimum atomic E-state index is 0. The number of nitrogens with zero attached hydrogens (tertiary/aromatic N) is 1. The number of benzene rings is 1.